The lowest BCUT2D eigenvalue weighted by Crippen LogP contribution is -2.67. The van der Waals surface area contributed by atoms with Crippen LogP contribution in [0.15, 0.2) is 152 Å². The van der Waals surface area contributed by atoms with Crippen LogP contribution in [0.25, 0.3) is 0 Å². The largest absolute Gasteiger partial charge is 0.457 e. The first-order valence-corrected chi connectivity index (χ1v) is 43.3. The second kappa shape index (κ2) is 41.6. The van der Waals surface area contributed by atoms with Crippen LogP contribution in [0, 0.1) is 71.0 Å². The molecule has 8 saturated heterocycles. The summed E-state index contributed by atoms with van der Waals surface area (Å²) in [6, 6.07) is 50.2. The average Bonchev–Trinajstić information content (AvgIpc) is 0.737. The summed E-state index contributed by atoms with van der Waals surface area (Å²) in [6.07, 6.45) is -16.5. The molecule has 0 saturated carbocycles. The van der Waals surface area contributed by atoms with E-state index in [-0.39, 0.29) is 122 Å². The molecular weight excluding hydrogens is 1480 g/mol. The topological polar surface area (TPSA) is 222 Å². The molecule has 0 radical (unpaired) electrons. The summed E-state index contributed by atoms with van der Waals surface area (Å²) in [7, 11) is 0. The highest BCUT2D eigenvalue weighted by Crippen LogP contribution is 2.48. The molecule has 640 valence electrons. The molecule has 1 N–H and O–H groups in total. The summed E-state index contributed by atoms with van der Waals surface area (Å²) in [5.74, 6) is -2.28. The molecule has 0 spiro atoms. The van der Waals surface area contributed by atoms with Gasteiger partial charge in [0.15, 0.2) is 56.4 Å². The third-order valence-electron chi connectivity index (χ3n) is 27.0. The molecule has 116 heavy (non-hydrogen) atoms. The Balaban J connectivity index is 0.870. The SMILES string of the molecule is CCC1O[C@H](OCC2O[C@@H](O[C@@H]3C(COCc4ccccc4)O[C@@H](OCc4ccccc4)C(C)[C@H]3C)C(OCc3ccccc3)[C@@H](O[C@@H]3OC(CC)[C@H](C)[C@@H](C)C3O[C@@H]3OC(CC)[C@@H](O[C@@H]4OC(COCc5ccccc5)[C@H](C)[C@H](C)C4OC(C)=O)[C@H](C)C3C)[C@@H]2O[C@@H]2OC3COC(c4ccccc4)O[C@H]3[C@H](C)C2C)C(O)[C@@H](C)[C@@H]1C. The normalized spacial score (nSPS) is 40.8. The number of fused-ring (bicyclic) bond motifs is 1. The Bertz CT molecular complexity index is 3700. The number of carbonyl (C=O) groups is 1. The average molecular weight is 1610 g/mol. The lowest BCUT2D eigenvalue weighted by Gasteiger charge is -2.54. The van der Waals surface area contributed by atoms with Gasteiger partial charge in [0.05, 0.1) is 95.6 Å². The van der Waals surface area contributed by atoms with Crippen LogP contribution in [0.1, 0.15) is 164 Å². The maximum Gasteiger partial charge on any atom is 0.303 e. The Morgan fingerprint density at radius 3 is 1.31 bits per heavy atom. The molecule has 0 amide bonds. The molecule has 0 bridgehead atoms. The van der Waals surface area contributed by atoms with E-state index in [4.69, 9.17) is 94.7 Å². The number of carbonyl (C=O) groups excluding carboxylic acids is 1. The van der Waals surface area contributed by atoms with Gasteiger partial charge in [0.25, 0.3) is 0 Å². The van der Waals surface area contributed by atoms with E-state index < -0.39 is 130 Å². The Kier molecular flexibility index (Phi) is 31.7. The highest BCUT2D eigenvalue weighted by atomic mass is 16.8. The van der Waals surface area contributed by atoms with E-state index >= 15 is 0 Å². The molecule has 0 aliphatic carbocycles. The van der Waals surface area contributed by atoms with Crippen molar-refractivity contribution >= 4 is 5.97 Å². The lowest BCUT2D eigenvalue weighted by molar-refractivity contribution is -0.410. The Morgan fingerprint density at radius 1 is 0.336 bits per heavy atom. The van der Waals surface area contributed by atoms with Crippen molar-refractivity contribution in [3.63, 3.8) is 0 Å². The van der Waals surface area contributed by atoms with Gasteiger partial charge in [0.1, 0.15) is 48.8 Å². The third-order valence-corrected chi connectivity index (χ3v) is 27.0. The monoisotopic (exact) mass is 1610 g/mol. The minimum Gasteiger partial charge on any atom is -0.457 e. The number of hydrogen-bond donors (Lipinski definition) is 1. The maximum atomic E-state index is 13.0. The van der Waals surface area contributed by atoms with Crippen molar-refractivity contribution in [1.29, 1.82) is 0 Å². The standard InChI is InChI=1S/C94H132O22/c1-17-71-53(4)56(7)78(96)91(104-71)102-52-77-84(115-89-64(15)61(12)81-76(109-89)51-101-90(111-81)70-43-33-24-34-44-70)85(86(99-47-68-39-29-22-30-40-68)94(110-77)113-80-59(10)62(13)87(100-48-69-41-31-23-32-42-69)108-75(80)50-98-46-67-37-27-21-28-38-67)116-93-83(57(8)54(5)72(18-2)105-93)114-88-63(14)60(11)79(73(19-3)106-88)112-92-82(103-65(16)95)58(9)55(6)74(107-92)49-97-45-66-35-25-20-26-36-66/h20-44,53-64,71-94,96H,17-19,45-52H2,1-16H3/t53-,54+,55+,56-,57+,58-,59+,60+,61+,62?,63?,64?,71?,72?,73?,74?,75?,76?,77?,78?,79-,80-,81-,82?,83?,84+,85-,86?,87+,88-,89-,90?,91-,92-,93-,94-/m0/s1. The van der Waals surface area contributed by atoms with Crippen LogP contribution in [0.5, 0.6) is 0 Å². The van der Waals surface area contributed by atoms with Crippen molar-refractivity contribution in [2.75, 3.05) is 26.4 Å². The zero-order valence-corrected chi connectivity index (χ0v) is 71.0. The molecule has 22 heteroatoms. The Morgan fingerprint density at radius 2 is 0.733 bits per heavy atom. The van der Waals surface area contributed by atoms with Crippen LogP contribution in [-0.4, -0.2) is 179 Å². The molecule has 8 aliphatic rings. The molecule has 8 heterocycles. The lowest BCUT2D eigenvalue weighted by atomic mass is 9.81. The summed E-state index contributed by atoms with van der Waals surface area (Å²) in [6.45, 7) is 35.1. The van der Waals surface area contributed by atoms with Gasteiger partial charge in [-0.3, -0.25) is 4.79 Å². The van der Waals surface area contributed by atoms with E-state index in [1.54, 1.807) is 0 Å². The molecule has 5 aromatic carbocycles. The summed E-state index contributed by atoms with van der Waals surface area (Å²) < 4.78 is 143. The number of hydrogen-bond acceptors (Lipinski definition) is 22. The first-order chi connectivity index (χ1) is 56.1. The fourth-order valence-corrected chi connectivity index (χ4v) is 18.3. The van der Waals surface area contributed by atoms with Crippen molar-refractivity contribution in [2.45, 2.75) is 304 Å². The number of esters is 1. The van der Waals surface area contributed by atoms with Crippen LogP contribution in [-0.2, 0) is 126 Å². The molecule has 15 unspecified atom stereocenters. The Hall–Kier alpha value is -5.23. The van der Waals surface area contributed by atoms with Crippen LogP contribution < -0.4 is 0 Å². The van der Waals surface area contributed by atoms with Gasteiger partial charge in [0, 0.05) is 36.2 Å². The van der Waals surface area contributed by atoms with Crippen molar-refractivity contribution < 1.29 is 105 Å². The molecule has 8 fully saturated rings. The van der Waals surface area contributed by atoms with Crippen molar-refractivity contribution in [1.82, 2.24) is 0 Å². The van der Waals surface area contributed by atoms with Crippen LogP contribution >= 0.6 is 0 Å². The summed E-state index contributed by atoms with van der Waals surface area (Å²) in [5, 5.41) is 12.2. The van der Waals surface area contributed by atoms with Crippen molar-refractivity contribution in [3.05, 3.63) is 179 Å². The quantitative estimate of drug-likeness (QED) is 0.0395. The molecule has 0 aromatic heterocycles. The minimum atomic E-state index is -1.26. The maximum absolute atomic E-state index is 13.0. The summed E-state index contributed by atoms with van der Waals surface area (Å²) >= 11 is 0. The molecule has 22 nitrogen and oxygen atoms in total. The predicted molar refractivity (Wildman–Crippen MR) is 432 cm³/mol. The van der Waals surface area contributed by atoms with E-state index in [1.165, 1.54) is 6.92 Å². The van der Waals surface area contributed by atoms with Gasteiger partial charge in [-0.1, -0.05) is 256 Å². The van der Waals surface area contributed by atoms with E-state index in [2.05, 4.69) is 96.9 Å². The van der Waals surface area contributed by atoms with Gasteiger partial charge in [-0.2, -0.15) is 0 Å². The van der Waals surface area contributed by atoms with Gasteiger partial charge in [-0.25, -0.2) is 0 Å². The van der Waals surface area contributed by atoms with E-state index in [1.807, 2.05) is 159 Å². The number of ether oxygens (including phenoxy) is 20. The summed E-state index contributed by atoms with van der Waals surface area (Å²) in [5.41, 5.74) is 4.88. The zero-order chi connectivity index (χ0) is 81.8. The number of aliphatic hydroxyl groups excluding tert-OH is 1. The third kappa shape index (κ3) is 21.1. The first kappa shape index (κ1) is 88.6. The van der Waals surface area contributed by atoms with Gasteiger partial charge >= 0.3 is 5.97 Å². The van der Waals surface area contributed by atoms with E-state index in [0.29, 0.717) is 45.7 Å². The molecule has 8 aliphatic heterocycles. The molecule has 5 aromatic rings. The van der Waals surface area contributed by atoms with Crippen LogP contribution in [0.4, 0.5) is 0 Å². The number of aliphatic hydroxyl groups is 1. The van der Waals surface area contributed by atoms with E-state index in [0.717, 1.165) is 27.8 Å². The van der Waals surface area contributed by atoms with Gasteiger partial charge in [-0.05, 0) is 88.9 Å². The second-order valence-corrected chi connectivity index (χ2v) is 34.5. The molecule has 13 rings (SSSR count). The van der Waals surface area contributed by atoms with Crippen LogP contribution in [0.3, 0.4) is 0 Å². The van der Waals surface area contributed by atoms with Gasteiger partial charge < -0.3 is 99.8 Å². The second-order valence-electron chi connectivity index (χ2n) is 34.5. The van der Waals surface area contributed by atoms with Gasteiger partial charge in [0.2, 0.25) is 0 Å². The van der Waals surface area contributed by atoms with Crippen molar-refractivity contribution in [2.24, 2.45) is 71.0 Å². The summed E-state index contributed by atoms with van der Waals surface area (Å²) in [4.78, 5) is 13.0. The highest BCUT2D eigenvalue weighted by Gasteiger charge is 2.59. The van der Waals surface area contributed by atoms with Crippen LogP contribution in [0.2, 0.25) is 0 Å². The highest BCUT2D eigenvalue weighted by molar-refractivity contribution is 5.66. The van der Waals surface area contributed by atoms with Gasteiger partial charge in [-0.15, -0.1) is 0 Å². The van der Waals surface area contributed by atoms with E-state index in [9.17, 15) is 9.90 Å². The smallest absolute Gasteiger partial charge is 0.303 e. The molecule has 36 atom stereocenters. The number of rotatable bonds is 32. The molecular formula is C94H132O22. The first-order valence-electron chi connectivity index (χ1n) is 43.3. The fraction of sp³-hybridized carbons (Fsp3) is 0.670. The Labute approximate surface area is 688 Å². The van der Waals surface area contributed by atoms with Crippen molar-refractivity contribution in [3.8, 4) is 0 Å². The number of benzene rings is 5. The predicted octanol–water partition coefficient (Wildman–Crippen LogP) is 15.5. The minimum absolute atomic E-state index is 0.0263. The fourth-order valence-electron chi connectivity index (χ4n) is 18.3. The zero-order valence-electron chi connectivity index (χ0n) is 71.0.